The van der Waals surface area contributed by atoms with E-state index in [4.69, 9.17) is 11.2 Å². The molecular formula is C20H21NO3. The molecule has 4 aliphatic rings. The molecule has 4 nitrogen and oxygen atoms in total. The maximum atomic E-state index is 13.3. The van der Waals surface area contributed by atoms with Gasteiger partial charge in [-0.05, 0) is 43.7 Å². The van der Waals surface area contributed by atoms with Crippen molar-refractivity contribution in [3.63, 3.8) is 0 Å². The number of aliphatic hydroxyl groups is 1. The number of aliphatic hydroxyl groups excluding tert-OH is 1. The minimum Gasteiger partial charge on any atom is -0.390 e. The molecule has 7 unspecified atom stereocenters. The molecule has 1 N–H and O–H groups in total. The predicted octanol–water partition coefficient (Wildman–Crippen LogP) is 2.01. The van der Waals surface area contributed by atoms with Gasteiger partial charge in [0, 0.05) is 11.6 Å². The molecule has 0 spiro atoms. The van der Waals surface area contributed by atoms with Crippen molar-refractivity contribution in [2.24, 2.45) is 23.7 Å². The number of benzene rings is 1. The van der Waals surface area contributed by atoms with Gasteiger partial charge in [-0.3, -0.25) is 9.69 Å². The number of hydrogen-bond donors (Lipinski definition) is 1. The van der Waals surface area contributed by atoms with Crippen LogP contribution in [-0.4, -0.2) is 28.9 Å². The number of hydrogen-bond acceptors (Lipinski definition) is 3. The Balaban J connectivity index is 1.70. The van der Waals surface area contributed by atoms with Crippen LogP contribution in [0.3, 0.4) is 0 Å². The lowest BCUT2D eigenvalue weighted by molar-refractivity contribution is -0.132. The molecule has 2 aliphatic carbocycles. The summed E-state index contributed by atoms with van der Waals surface area (Å²) in [4.78, 5) is 15.2. The Hall–Kier alpha value is -1.83. The van der Waals surface area contributed by atoms with Gasteiger partial charge in [-0.1, -0.05) is 17.7 Å². The highest BCUT2D eigenvalue weighted by atomic mass is 16.6. The Kier molecular flexibility index (Phi) is 2.67. The predicted molar refractivity (Wildman–Crippen MR) is 89.0 cm³/mol. The van der Waals surface area contributed by atoms with Gasteiger partial charge >= 0.3 is 0 Å². The van der Waals surface area contributed by atoms with E-state index >= 15 is 0 Å². The molecule has 2 saturated carbocycles. The van der Waals surface area contributed by atoms with Crippen LogP contribution < -0.4 is 4.90 Å². The Morgan fingerprint density at radius 2 is 2.21 bits per heavy atom. The van der Waals surface area contributed by atoms with Crippen molar-refractivity contribution in [1.82, 2.24) is 0 Å². The molecule has 2 heterocycles. The number of ether oxygens (including phenoxy) is 1. The van der Waals surface area contributed by atoms with Gasteiger partial charge in [-0.25, -0.2) is 0 Å². The van der Waals surface area contributed by atoms with Crippen LogP contribution in [0.15, 0.2) is 18.2 Å². The highest BCUT2D eigenvalue weighted by Gasteiger charge is 2.78. The number of amides is 1. The van der Waals surface area contributed by atoms with E-state index in [1.54, 1.807) is 0 Å². The summed E-state index contributed by atoms with van der Waals surface area (Å²) >= 11 is 0. The quantitative estimate of drug-likeness (QED) is 0.847. The third kappa shape index (κ3) is 1.42. The number of carbonyl (C=O) groups is 1. The zero-order valence-electron chi connectivity index (χ0n) is 13.9. The fraction of sp³-hybridized carbons (Fsp3) is 0.550. The van der Waals surface area contributed by atoms with E-state index in [0.29, 0.717) is 6.42 Å². The lowest BCUT2D eigenvalue weighted by atomic mass is 9.76. The van der Waals surface area contributed by atoms with Crippen LogP contribution in [0.2, 0.25) is 0 Å². The van der Waals surface area contributed by atoms with E-state index in [9.17, 15) is 9.90 Å². The number of anilines is 1. The molecule has 124 valence electrons. The summed E-state index contributed by atoms with van der Waals surface area (Å²) in [5, 5.41) is 10.5. The normalized spacial score (nSPS) is 44.4. The largest absolute Gasteiger partial charge is 0.390 e. The molecule has 0 radical (unpaired) electrons. The summed E-state index contributed by atoms with van der Waals surface area (Å²) < 4.78 is 6.41. The summed E-state index contributed by atoms with van der Waals surface area (Å²) in [5.41, 5.74) is 2.33. The molecule has 1 aromatic rings. The van der Waals surface area contributed by atoms with E-state index in [0.717, 1.165) is 23.2 Å². The first-order valence-corrected chi connectivity index (χ1v) is 8.70. The maximum absolute atomic E-state index is 13.3. The van der Waals surface area contributed by atoms with E-state index in [1.807, 2.05) is 30.9 Å². The Labute approximate surface area is 141 Å². The summed E-state index contributed by atoms with van der Waals surface area (Å²) in [7, 11) is 0. The van der Waals surface area contributed by atoms with Gasteiger partial charge in [0.05, 0.1) is 24.5 Å². The third-order valence-corrected chi connectivity index (χ3v) is 6.74. The standard InChI is InChI=1S/C20H21NO3/c1-4-7-20-16-13-9-12(17(22)18(13)24-20)15(16)19(23)21(20)14-6-5-10(2)8-11(14)3/h1,5-6,8,12-13,15-18,22H,7,9H2,2-3H3. The van der Waals surface area contributed by atoms with Crippen LogP contribution in [-0.2, 0) is 9.53 Å². The number of terminal acetylenes is 1. The van der Waals surface area contributed by atoms with Gasteiger partial charge in [0.2, 0.25) is 5.91 Å². The molecule has 24 heavy (non-hydrogen) atoms. The van der Waals surface area contributed by atoms with Crippen molar-refractivity contribution in [2.45, 2.75) is 44.6 Å². The number of nitrogens with zero attached hydrogens (tertiary/aromatic N) is 1. The first-order chi connectivity index (χ1) is 11.5. The van der Waals surface area contributed by atoms with Crippen LogP contribution in [0.1, 0.15) is 24.0 Å². The summed E-state index contributed by atoms with van der Waals surface area (Å²) in [6.45, 7) is 4.07. The topological polar surface area (TPSA) is 49.8 Å². The maximum Gasteiger partial charge on any atom is 0.233 e. The SMILES string of the molecule is C#CCC12OC3C(O)C4CC3C1C4C(=O)N2c1ccc(C)cc1C. The van der Waals surface area contributed by atoms with Crippen LogP contribution in [0.4, 0.5) is 5.69 Å². The second-order valence-corrected chi connectivity index (χ2v) is 7.88. The summed E-state index contributed by atoms with van der Waals surface area (Å²) in [6, 6.07) is 6.11. The summed E-state index contributed by atoms with van der Waals surface area (Å²) in [5.74, 6) is 3.05. The van der Waals surface area contributed by atoms with Crippen molar-refractivity contribution >= 4 is 11.6 Å². The molecule has 5 rings (SSSR count). The fourth-order valence-corrected chi connectivity index (χ4v) is 6.05. The minimum absolute atomic E-state index is 0.0212. The molecule has 7 atom stereocenters. The van der Waals surface area contributed by atoms with Crippen molar-refractivity contribution < 1.29 is 14.6 Å². The Morgan fingerprint density at radius 3 is 2.92 bits per heavy atom. The molecule has 0 aromatic heterocycles. The van der Waals surface area contributed by atoms with Crippen LogP contribution in [0.25, 0.3) is 0 Å². The van der Waals surface area contributed by atoms with Crippen LogP contribution >= 0.6 is 0 Å². The molecule has 1 amide bonds. The molecular weight excluding hydrogens is 302 g/mol. The first-order valence-electron chi connectivity index (χ1n) is 8.70. The Morgan fingerprint density at radius 1 is 1.42 bits per heavy atom. The van der Waals surface area contributed by atoms with Crippen molar-refractivity contribution in [1.29, 1.82) is 0 Å². The van der Waals surface area contributed by atoms with Crippen LogP contribution in [0, 0.1) is 49.9 Å². The highest BCUT2D eigenvalue weighted by molar-refractivity contribution is 6.01. The van der Waals surface area contributed by atoms with Gasteiger partial charge in [0.1, 0.15) is 0 Å². The van der Waals surface area contributed by atoms with Crippen molar-refractivity contribution in [3.8, 4) is 12.3 Å². The van der Waals surface area contributed by atoms with E-state index in [1.165, 1.54) is 0 Å². The molecule has 1 aromatic carbocycles. The van der Waals surface area contributed by atoms with Gasteiger partial charge in [-0.15, -0.1) is 12.3 Å². The van der Waals surface area contributed by atoms with E-state index < -0.39 is 11.8 Å². The third-order valence-electron chi connectivity index (χ3n) is 6.74. The lowest BCUT2D eigenvalue weighted by Gasteiger charge is -2.38. The zero-order valence-corrected chi connectivity index (χ0v) is 13.9. The smallest absolute Gasteiger partial charge is 0.233 e. The van der Waals surface area contributed by atoms with E-state index in [2.05, 4.69) is 12.0 Å². The van der Waals surface area contributed by atoms with Crippen molar-refractivity contribution in [3.05, 3.63) is 29.3 Å². The zero-order chi connectivity index (χ0) is 16.8. The average molecular weight is 323 g/mol. The first kappa shape index (κ1) is 14.5. The lowest BCUT2D eigenvalue weighted by Crippen LogP contribution is -2.51. The second-order valence-electron chi connectivity index (χ2n) is 7.88. The molecule has 4 heteroatoms. The molecule has 4 fully saturated rings. The monoisotopic (exact) mass is 323 g/mol. The number of rotatable bonds is 2. The van der Waals surface area contributed by atoms with Gasteiger partial charge in [0.25, 0.3) is 0 Å². The molecule has 2 aliphatic heterocycles. The summed E-state index contributed by atoms with van der Waals surface area (Å²) in [6.07, 6.45) is 6.24. The van der Waals surface area contributed by atoms with Crippen molar-refractivity contribution in [2.75, 3.05) is 4.90 Å². The average Bonchev–Trinajstić information content (AvgIpc) is 3.18. The number of fused-ring (bicyclic) bond motifs is 2. The number of carbonyl (C=O) groups excluding carboxylic acids is 1. The number of aryl methyl sites for hydroxylation is 2. The molecule has 2 bridgehead atoms. The highest BCUT2D eigenvalue weighted by Crippen LogP contribution is 2.68. The molecule has 2 saturated heterocycles. The van der Waals surface area contributed by atoms with E-state index in [-0.39, 0.29) is 35.7 Å². The van der Waals surface area contributed by atoms with Crippen LogP contribution in [0.5, 0.6) is 0 Å². The van der Waals surface area contributed by atoms with Gasteiger partial charge in [0.15, 0.2) is 5.72 Å². The fourth-order valence-electron chi connectivity index (χ4n) is 6.05. The van der Waals surface area contributed by atoms with Gasteiger partial charge in [-0.2, -0.15) is 0 Å². The second kappa shape index (κ2) is 4.41. The minimum atomic E-state index is -0.780. The van der Waals surface area contributed by atoms with Gasteiger partial charge < -0.3 is 9.84 Å². The Bertz CT molecular complexity index is 797.